The third-order valence-corrected chi connectivity index (χ3v) is 3.48. The van der Waals surface area contributed by atoms with Gasteiger partial charge in [0.15, 0.2) is 11.6 Å². The number of carbonyl (C=O) groups is 2. The van der Waals surface area contributed by atoms with Gasteiger partial charge in [0.2, 0.25) is 0 Å². The number of amides is 1. The number of nitrogens with zero attached hydrogens (tertiary/aromatic N) is 1. The van der Waals surface area contributed by atoms with E-state index in [0.29, 0.717) is 0 Å². The van der Waals surface area contributed by atoms with E-state index < -0.39 is 34.7 Å². The van der Waals surface area contributed by atoms with Crippen LogP contribution >= 0.6 is 0 Å². The number of halogens is 2. The minimum atomic E-state index is -1.53. The summed E-state index contributed by atoms with van der Waals surface area (Å²) >= 11 is 0. The van der Waals surface area contributed by atoms with E-state index in [1.165, 1.54) is 6.92 Å². The van der Waals surface area contributed by atoms with Crippen LogP contribution < -0.4 is 4.90 Å². The molecule has 1 atom stereocenters. The summed E-state index contributed by atoms with van der Waals surface area (Å²) in [7, 11) is 0. The fraction of sp³-hybridized carbons (Fsp3) is 0.467. The number of anilines is 1. The highest BCUT2D eigenvalue weighted by molar-refractivity contribution is 5.97. The SMILES string of the molecule is CC(C)(C)OC(=O)N1CC(C)(C(=O)O)c2cc(F)c(F)cc21. The molecule has 0 spiro atoms. The van der Waals surface area contributed by atoms with Crippen LogP contribution in [-0.2, 0) is 14.9 Å². The van der Waals surface area contributed by atoms with Gasteiger partial charge < -0.3 is 9.84 Å². The minimum absolute atomic E-state index is 0.0121. The standard InChI is InChI=1S/C15H17F2NO4/c1-14(2,3)22-13(21)18-7-15(4,12(19)20)8-5-9(16)10(17)6-11(8)18/h5-6H,7H2,1-4H3,(H,19,20). The largest absolute Gasteiger partial charge is 0.481 e. The van der Waals surface area contributed by atoms with Crippen LogP contribution in [0.3, 0.4) is 0 Å². The van der Waals surface area contributed by atoms with E-state index in [1.807, 2.05) is 0 Å². The first-order valence-corrected chi connectivity index (χ1v) is 6.69. The predicted octanol–water partition coefficient (Wildman–Crippen LogP) is 3.06. The highest BCUT2D eigenvalue weighted by Crippen LogP contribution is 2.42. The summed E-state index contributed by atoms with van der Waals surface area (Å²) in [5.41, 5.74) is -2.26. The van der Waals surface area contributed by atoms with Gasteiger partial charge in [-0.05, 0) is 39.3 Å². The van der Waals surface area contributed by atoms with E-state index in [1.54, 1.807) is 20.8 Å². The van der Waals surface area contributed by atoms with Crippen molar-refractivity contribution in [3.8, 4) is 0 Å². The third kappa shape index (κ3) is 2.63. The van der Waals surface area contributed by atoms with Gasteiger partial charge in [-0.3, -0.25) is 9.69 Å². The lowest BCUT2D eigenvalue weighted by Gasteiger charge is -2.25. The van der Waals surface area contributed by atoms with Gasteiger partial charge in [0.25, 0.3) is 0 Å². The number of fused-ring (bicyclic) bond motifs is 1. The number of rotatable bonds is 1. The molecule has 0 aromatic heterocycles. The van der Waals surface area contributed by atoms with Crippen LogP contribution in [-0.4, -0.2) is 29.3 Å². The Morgan fingerprint density at radius 1 is 1.27 bits per heavy atom. The van der Waals surface area contributed by atoms with Gasteiger partial charge in [0, 0.05) is 12.6 Å². The lowest BCUT2D eigenvalue weighted by molar-refractivity contribution is -0.142. The second-order valence-electron chi connectivity index (χ2n) is 6.49. The molecule has 1 N–H and O–H groups in total. The molecule has 0 saturated heterocycles. The summed E-state index contributed by atoms with van der Waals surface area (Å²) in [6, 6.07) is 1.64. The highest BCUT2D eigenvalue weighted by atomic mass is 19.2. The van der Waals surface area contributed by atoms with Gasteiger partial charge in [-0.25, -0.2) is 13.6 Å². The van der Waals surface area contributed by atoms with Gasteiger partial charge in [-0.1, -0.05) is 0 Å². The van der Waals surface area contributed by atoms with Gasteiger partial charge in [-0.2, -0.15) is 0 Å². The van der Waals surface area contributed by atoms with Gasteiger partial charge in [0.1, 0.15) is 11.0 Å². The summed E-state index contributed by atoms with van der Waals surface area (Å²) < 4.78 is 32.2. The fourth-order valence-corrected chi connectivity index (χ4v) is 2.35. The fourth-order valence-electron chi connectivity index (χ4n) is 2.35. The van der Waals surface area contributed by atoms with Gasteiger partial charge in [0.05, 0.1) is 5.69 Å². The first-order chi connectivity index (χ1) is 9.95. The van der Waals surface area contributed by atoms with E-state index in [0.717, 1.165) is 17.0 Å². The van der Waals surface area contributed by atoms with Crippen LogP contribution in [0.4, 0.5) is 19.3 Å². The number of benzene rings is 1. The number of carboxylic acids is 1. The Morgan fingerprint density at radius 3 is 2.32 bits per heavy atom. The van der Waals surface area contributed by atoms with Crippen LogP contribution in [0.25, 0.3) is 0 Å². The summed E-state index contributed by atoms with van der Waals surface area (Å²) in [5.74, 6) is -3.54. The molecule has 0 radical (unpaired) electrons. The van der Waals surface area contributed by atoms with Crippen molar-refractivity contribution in [2.75, 3.05) is 11.4 Å². The average Bonchev–Trinajstić information content (AvgIpc) is 2.63. The smallest absolute Gasteiger partial charge is 0.414 e. The molecule has 0 aliphatic carbocycles. The van der Waals surface area contributed by atoms with Crippen molar-refractivity contribution in [3.05, 3.63) is 29.3 Å². The zero-order chi connectivity index (χ0) is 16.9. The Kier molecular flexibility index (Phi) is 3.63. The molecular weight excluding hydrogens is 296 g/mol. The zero-order valence-corrected chi connectivity index (χ0v) is 12.7. The number of hydrogen-bond acceptors (Lipinski definition) is 3. The predicted molar refractivity (Wildman–Crippen MR) is 74.9 cm³/mol. The van der Waals surface area contributed by atoms with Crippen molar-refractivity contribution in [2.45, 2.75) is 38.7 Å². The third-order valence-electron chi connectivity index (χ3n) is 3.48. The number of carboxylic acid groups (broad SMARTS) is 1. The molecule has 1 aromatic rings. The minimum Gasteiger partial charge on any atom is -0.481 e. The molecule has 0 fully saturated rings. The Hall–Kier alpha value is -2.18. The lowest BCUT2D eigenvalue weighted by atomic mass is 9.84. The molecular formula is C15H17F2NO4. The van der Waals surface area contributed by atoms with Crippen molar-refractivity contribution in [1.29, 1.82) is 0 Å². The molecule has 1 aromatic carbocycles. The summed E-state index contributed by atoms with van der Waals surface area (Å²) in [6.45, 7) is 6.07. The molecule has 0 saturated carbocycles. The maximum atomic E-state index is 13.5. The van der Waals surface area contributed by atoms with Crippen LogP contribution in [0.15, 0.2) is 12.1 Å². The molecule has 0 bridgehead atoms. The van der Waals surface area contributed by atoms with Crippen molar-refractivity contribution in [2.24, 2.45) is 0 Å². The van der Waals surface area contributed by atoms with E-state index in [4.69, 9.17) is 4.74 Å². The van der Waals surface area contributed by atoms with Crippen LogP contribution in [0, 0.1) is 11.6 Å². The van der Waals surface area contributed by atoms with E-state index in [2.05, 4.69) is 0 Å². The maximum Gasteiger partial charge on any atom is 0.414 e. The molecule has 120 valence electrons. The lowest BCUT2D eigenvalue weighted by Crippen LogP contribution is -2.42. The Bertz CT molecular complexity index is 654. The number of hydrogen-bond donors (Lipinski definition) is 1. The topological polar surface area (TPSA) is 66.8 Å². The average molecular weight is 313 g/mol. The van der Waals surface area contributed by atoms with E-state index in [9.17, 15) is 23.5 Å². The number of ether oxygens (including phenoxy) is 1. The summed E-state index contributed by atoms with van der Waals surface area (Å²) in [4.78, 5) is 24.8. The summed E-state index contributed by atoms with van der Waals surface area (Å²) in [5, 5.41) is 9.42. The van der Waals surface area contributed by atoms with Crippen molar-refractivity contribution in [3.63, 3.8) is 0 Å². The Morgan fingerprint density at radius 2 is 1.82 bits per heavy atom. The molecule has 22 heavy (non-hydrogen) atoms. The molecule has 1 aliphatic rings. The van der Waals surface area contributed by atoms with Gasteiger partial charge in [-0.15, -0.1) is 0 Å². The van der Waals surface area contributed by atoms with E-state index >= 15 is 0 Å². The number of carbonyl (C=O) groups excluding carboxylic acids is 1. The van der Waals surface area contributed by atoms with Crippen LogP contribution in [0.5, 0.6) is 0 Å². The monoisotopic (exact) mass is 313 g/mol. The van der Waals surface area contributed by atoms with Crippen molar-refractivity contribution < 1.29 is 28.2 Å². The molecule has 2 rings (SSSR count). The molecule has 7 heteroatoms. The quantitative estimate of drug-likeness (QED) is 0.865. The van der Waals surface area contributed by atoms with Crippen molar-refractivity contribution >= 4 is 17.7 Å². The first kappa shape index (κ1) is 16.2. The van der Waals surface area contributed by atoms with Crippen LogP contribution in [0.1, 0.15) is 33.3 Å². The van der Waals surface area contributed by atoms with Crippen molar-refractivity contribution in [1.82, 2.24) is 0 Å². The second kappa shape index (κ2) is 4.93. The Labute approximate surface area is 126 Å². The molecule has 1 unspecified atom stereocenters. The zero-order valence-electron chi connectivity index (χ0n) is 12.7. The van der Waals surface area contributed by atoms with Gasteiger partial charge >= 0.3 is 12.1 Å². The maximum absolute atomic E-state index is 13.5. The summed E-state index contributed by atoms with van der Waals surface area (Å²) in [6.07, 6.45) is -0.801. The Balaban J connectivity index is 2.52. The number of aliphatic carboxylic acids is 1. The normalized spacial score (nSPS) is 20.7. The molecule has 1 amide bonds. The molecule has 1 heterocycles. The molecule has 1 aliphatic heterocycles. The highest BCUT2D eigenvalue weighted by Gasteiger charge is 2.48. The second-order valence-corrected chi connectivity index (χ2v) is 6.49. The first-order valence-electron chi connectivity index (χ1n) is 6.69. The van der Waals surface area contributed by atoms with Crippen LogP contribution in [0.2, 0.25) is 0 Å². The van der Waals surface area contributed by atoms with E-state index in [-0.39, 0.29) is 17.8 Å². The molecule has 5 nitrogen and oxygen atoms in total.